The Hall–Kier alpha value is -3.41. The molecule has 0 radical (unpaired) electrons. The lowest BCUT2D eigenvalue weighted by Gasteiger charge is -2.14. The Balaban J connectivity index is 1.86. The van der Waals surface area contributed by atoms with Crippen molar-refractivity contribution in [1.29, 1.82) is 0 Å². The quantitative estimate of drug-likeness (QED) is 0.331. The van der Waals surface area contributed by atoms with Crippen molar-refractivity contribution >= 4 is 24.1 Å². The molecule has 6 nitrogen and oxygen atoms in total. The number of benzene rings is 2. The summed E-state index contributed by atoms with van der Waals surface area (Å²) in [7, 11) is 1.24. The summed E-state index contributed by atoms with van der Waals surface area (Å²) in [5.74, 6) is -0.463. The molecule has 0 aliphatic heterocycles. The maximum Gasteiger partial charge on any atom is 0.330 e. The van der Waals surface area contributed by atoms with Gasteiger partial charge < -0.3 is 14.6 Å². The Morgan fingerprint density at radius 3 is 2.52 bits per heavy atom. The van der Waals surface area contributed by atoms with Crippen LogP contribution in [-0.2, 0) is 9.53 Å². The first-order valence-electron chi connectivity index (χ1n) is 9.41. The van der Waals surface area contributed by atoms with Crippen LogP contribution < -0.4 is 4.74 Å². The van der Waals surface area contributed by atoms with E-state index < -0.39 is 5.97 Å². The minimum Gasteiger partial charge on any atom is -0.507 e. The molecule has 1 saturated carbocycles. The number of esters is 1. The van der Waals surface area contributed by atoms with Gasteiger partial charge in [0.1, 0.15) is 11.5 Å². The Labute approximate surface area is 168 Å². The van der Waals surface area contributed by atoms with E-state index >= 15 is 0 Å². The first-order valence-corrected chi connectivity index (χ1v) is 9.41. The topological polar surface area (TPSA) is 89.9 Å². The molecular weight excluding hydrogens is 372 g/mol. The highest BCUT2D eigenvalue weighted by Crippen LogP contribution is 2.27. The SMILES string of the molecule is COC(=O)/C=C/c1cc(C(=O)c2ccc(OC3CCCC3)cc2C=O)ccc1O. The highest BCUT2D eigenvalue weighted by molar-refractivity contribution is 6.13. The number of phenols is 1. The number of ether oxygens (including phenoxy) is 2. The Morgan fingerprint density at radius 2 is 1.83 bits per heavy atom. The van der Waals surface area contributed by atoms with Crippen LogP contribution in [0.1, 0.15) is 57.5 Å². The van der Waals surface area contributed by atoms with Gasteiger partial charge in [-0.1, -0.05) is 0 Å². The highest BCUT2D eigenvalue weighted by Gasteiger charge is 2.19. The summed E-state index contributed by atoms with van der Waals surface area (Å²) in [6, 6.07) is 9.13. The van der Waals surface area contributed by atoms with Crippen molar-refractivity contribution < 1.29 is 29.0 Å². The maximum absolute atomic E-state index is 12.9. The minimum atomic E-state index is -0.581. The number of carbonyl (C=O) groups excluding carboxylic acids is 3. The molecule has 1 N–H and O–H groups in total. The van der Waals surface area contributed by atoms with Crippen molar-refractivity contribution in [2.24, 2.45) is 0 Å². The lowest BCUT2D eigenvalue weighted by molar-refractivity contribution is -0.134. The van der Waals surface area contributed by atoms with Gasteiger partial charge in [0, 0.05) is 28.3 Å². The number of aldehydes is 1. The maximum atomic E-state index is 12.9. The summed E-state index contributed by atoms with van der Waals surface area (Å²) in [4.78, 5) is 35.8. The third-order valence-corrected chi connectivity index (χ3v) is 4.89. The molecule has 0 saturated heterocycles. The van der Waals surface area contributed by atoms with E-state index in [0.717, 1.165) is 31.8 Å². The number of ketones is 1. The monoisotopic (exact) mass is 394 g/mol. The summed E-state index contributed by atoms with van der Waals surface area (Å²) in [5, 5.41) is 9.96. The van der Waals surface area contributed by atoms with E-state index in [-0.39, 0.29) is 39.9 Å². The lowest BCUT2D eigenvalue weighted by atomic mass is 9.97. The van der Waals surface area contributed by atoms with Crippen molar-refractivity contribution in [1.82, 2.24) is 0 Å². The zero-order valence-electron chi connectivity index (χ0n) is 16.1. The van der Waals surface area contributed by atoms with Crippen molar-refractivity contribution in [3.8, 4) is 11.5 Å². The summed E-state index contributed by atoms with van der Waals surface area (Å²) >= 11 is 0. The Morgan fingerprint density at radius 1 is 1.07 bits per heavy atom. The number of carbonyl (C=O) groups is 3. The Bertz CT molecular complexity index is 954. The molecule has 2 aromatic rings. The predicted molar refractivity (Wildman–Crippen MR) is 107 cm³/mol. The summed E-state index contributed by atoms with van der Waals surface area (Å²) in [6.45, 7) is 0. The van der Waals surface area contributed by atoms with E-state index in [4.69, 9.17) is 4.74 Å². The summed E-state index contributed by atoms with van der Waals surface area (Å²) in [5.41, 5.74) is 1.05. The number of rotatable bonds is 7. The van der Waals surface area contributed by atoms with Crippen LogP contribution in [0.4, 0.5) is 0 Å². The third kappa shape index (κ3) is 4.90. The third-order valence-electron chi connectivity index (χ3n) is 4.89. The molecule has 3 rings (SSSR count). The predicted octanol–water partition coefficient (Wildman–Crippen LogP) is 3.94. The number of hydrogen-bond acceptors (Lipinski definition) is 6. The molecule has 2 aromatic carbocycles. The fourth-order valence-corrected chi connectivity index (χ4v) is 3.33. The molecule has 0 bridgehead atoms. The largest absolute Gasteiger partial charge is 0.507 e. The number of aromatic hydroxyl groups is 1. The number of hydrogen-bond donors (Lipinski definition) is 1. The van der Waals surface area contributed by atoms with E-state index in [2.05, 4.69) is 4.74 Å². The van der Waals surface area contributed by atoms with Crippen LogP contribution in [0.3, 0.4) is 0 Å². The first kappa shape index (κ1) is 20.3. The highest BCUT2D eigenvalue weighted by atomic mass is 16.5. The van der Waals surface area contributed by atoms with Gasteiger partial charge in [-0.3, -0.25) is 9.59 Å². The van der Waals surface area contributed by atoms with Gasteiger partial charge in [0.15, 0.2) is 12.1 Å². The molecule has 1 aliphatic rings. The van der Waals surface area contributed by atoms with Gasteiger partial charge in [0.25, 0.3) is 0 Å². The first-order chi connectivity index (χ1) is 14.0. The van der Waals surface area contributed by atoms with Crippen molar-refractivity contribution in [3.05, 3.63) is 64.7 Å². The zero-order chi connectivity index (χ0) is 20.8. The van der Waals surface area contributed by atoms with Crippen LogP contribution in [0.15, 0.2) is 42.5 Å². The molecule has 6 heteroatoms. The van der Waals surface area contributed by atoms with Gasteiger partial charge in [-0.25, -0.2) is 4.79 Å². The molecule has 0 amide bonds. The van der Waals surface area contributed by atoms with Gasteiger partial charge in [-0.2, -0.15) is 0 Å². The molecule has 0 aromatic heterocycles. The van der Waals surface area contributed by atoms with Gasteiger partial charge in [-0.05, 0) is 68.2 Å². The summed E-state index contributed by atoms with van der Waals surface area (Å²) < 4.78 is 10.4. The van der Waals surface area contributed by atoms with Gasteiger partial charge in [0.05, 0.1) is 13.2 Å². The van der Waals surface area contributed by atoms with Gasteiger partial charge in [0.2, 0.25) is 0 Å². The van der Waals surface area contributed by atoms with Crippen LogP contribution >= 0.6 is 0 Å². The van der Waals surface area contributed by atoms with Crippen LogP contribution in [0, 0.1) is 0 Å². The minimum absolute atomic E-state index is 0.0855. The number of phenolic OH excluding ortho intramolecular Hbond substituents is 1. The second kappa shape index (κ2) is 9.19. The molecular formula is C23H22O6. The van der Waals surface area contributed by atoms with Crippen molar-refractivity contribution in [2.45, 2.75) is 31.8 Å². The Kier molecular flexibility index (Phi) is 6.44. The molecule has 29 heavy (non-hydrogen) atoms. The lowest BCUT2D eigenvalue weighted by Crippen LogP contribution is -2.12. The van der Waals surface area contributed by atoms with E-state index in [1.807, 2.05) is 0 Å². The molecule has 0 heterocycles. The average molecular weight is 394 g/mol. The normalized spacial score (nSPS) is 14.1. The molecule has 150 valence electrons. The van der Waals surface area contributed by atoms with Crippen LogP contribution in [0.2, 0.25) is 0 Å². The zero-order valence-corrected chi connectivity index (χ0v) is 16.1. The van der Waals surface area contributed by atoms with Crippen LogP contribution in [-0.4, -0.2) is 36.4 Å². The second-order valence-electron chi connectivity index (χ2n) is 6.85. The van der Waals surface area contributed by atoms with Crippen molar-refractivity contribution in [2.75, 3.05) is 7.11 Å². The standard InChI is InChI=1S/C23H22O6/c1-28-22(26)11-7-15-12-16(6-10-21(15)25)23(27)20-9-8-19(13-17(20)14-24)29-18-4-2-3-5-18/h6-14,18,25H,2-5H2,1H3/b11-7+. The number of methoxy groups -OCH3 is 1. The average Bonchev–Trinajstić information content (AvgIpc) is 3.25. The van der Waals surface area contributed by atoms with E-state index in [0.29, 0.717) is 12.0 Å². The second-order valence-corrected chi connectivity index (χ2v) is 6.85. The van der Waals surface area contributed by atoms with Gasteiger partial charge >= 0.3 is 5.97 Å². The molecule has 1 fully saturated rings. The van der Waals surface area contributed by atoms with E-state index in [1.54, 1.807) is 18.2 Å². The van der Waals surface area contributed by atoms with E-state index in [1.165, 1.54) is 31.4 Å². The molecule has 0 atom stereocenters. The smallest absolute Gasteiger partial charge is 0.330 e. The fourth-order valence-electron chi connectivity index (χ4n) is 3.33. The van der Waals surface area contributed by atoms with Crippen LogP contribution in [0.5, 0.6) is 11.5 Å². The van der Waals surface area contributed by atoms with Gasteiger partial charge in [-0.15, -0.1) is 0 Å². The van der Waals surface area contributed by atoms with Crippen LogP contribution in [0.25, 0.3) is 6.08 Å². The van der Waals surface area contributed by atoms with Crippen molar-refractivity contribution in [3.63, 3.8) is 0 Å². The fraction of sp³-hybridized carbons (Fsp3) is 0.261. The molecule has 0 spiro atoms. The molecule has 1 aliphatic carbocycles. The molecule has 0 unspecified atom stereocenters. The van der Waals surface area contributed by atoms with E-state index in [9.17, 15) is 19.5 Å². The summed E-state index contributed by atoms with van der Waals surface area (Å²) in [6.07, 6.45) is 7.54.